The van der Waals surface area contributed by atoms with Crippen LogP contribution in [0.15, 0.2) is 6.33 Å². The first-order valence-corrected chi connectivity index (χ1v) is 7.30. The van der Waals surface area contributed by atoms with Crippen LogP contribution < -0.4 is 5.32 Å². The van der Waals surface area contributed by atoms with Crippen LogP contribution in [0.4, 0.5) is 0 Å². The van der Waals surface area contributed by atoms with Crippen LogP contribution in [0.1, 0.15) is 24.7 Å². The summed E-state index contributed by atoms with van der Waals surface area (Å²) in [7, 11) is 4.27. The fourth-order valence-corrected chi connectivity index (χ4v) is 2.66. The highest BCUT2D eigenvalue weighted by molar-refractivity contribution is 5.15. The smallest absolute Gasteiger partial charge is 0.0925 e. The van der Waals surface area contributed by atoms with Gasteiger partial charge in [-0.2, -0.15) is 0 Å². The van der Waals surface area contributed by atoms with Crippen molar-refractivity contribution in [2.45, 2.75) is 32.4 Å². The number of fused-ring (bicyclic) bond motifs is 1. The minimum atomic E-state index is 0.537. The lowest BCUT2D eigenvalue weighted by atomic mass is 10.0. The maximum absolute atomic E-state index is 4.40. The third-order valence-electron chi connectivity index (χ3n) is 3.82. The molecule has 0 bridgehead atoms. The molecule has 0 radical (unpaired) electrons. The van der Waals surface area contributed by atoms with E-state index in [4.69, 9.17) is 0 Å². The van der Waals surface area contributed by atoms with Crippen LogP contribution in [0.3, 0.4) is 0 Å². The summed E-state index contributed by atoms with van der Waals surface area (Å²) in [6, 6.07) is 0.537. The van der Waals surface area contributed by atoms with E-state index in [0.717, 1.165) is 32.6 Å². The molecule has 0 aliphatic carbocycles. The van der Waals surface area contributed by atoms with E-state index in [-0.39, 0.29) is 0 Å². The third kappa shape index (κ3) is 4.30. The van der Waals surface area contributed by atoms with Crippen molar-refractivity contribution in [1.29, 1.82) is 0 Å². The highest BCUT2D eigenvalue weighted by atomic mass is 15.2. The van der Waals surface area contributed by atoms with E-state index >= 15 is 0 Å². The van der Waals surface area contributed by atoms with Crippen LogP contribution in [0.25, 0.3) is 0 Å². The van der Waals surface area contributed by atoms with E-state index < -0.39 is 0 Å². The van der Waals surface area contributed by atoms with Crippen LogP contribution in [0.2, 0.25) is 0 Å². The maximum atomic E-state index is 4.40. The molecule has 0 fully saturated rings. The van der Waals surface area contributed by atoms with Crippen molar-refractivity contribution in [3.63, 3.8) is 0 Å². The third-order valence-corrected chi connectivity index (χ3v) is 3.82. The first-order chi connectivity index (χ1) is 9.19. The second-order valence-corrected chi connectivity index (χ2v) is 5.66. The summed E-state index contributed by atoms with van der Waals surface area (Å²) in [6.07, 6.45) is 4.09. The van der Waals surface area contributed by atoms with Gasteiger partial charge in [-0.15, -0.1) is 0 Å². The van der Waals surface area contributed by atoms with Crippen molar-refractivity contribution in [2.75, 3.05) is 40.3 Å². The molecule has 0 saturated heterocycles. The quantitative estimate of drug-likeness (QED) is 0.762. The van der Waals surface area contributed by atoms with Gasteiger partial charge in [-0.05, 0) is 40.2 Å². The number of hydrogen-bond acceptors (Lipinski definition) is 4. The fraction of sp³-hybridized carbons (Fsp3) is 0.786. The van der Waals surface area contributed by atoms with E-state index in [9.17, 15) is 0 Å². The number of imidazole rings is 1. The maximum Gasteiger partial charge on any atom is 0.0925 e. The van der Waals surface area contributed by atoms with Crippen LogP contribution in [-0.2, 0) is 13.0 Å². The van der Waals surface area contributed by atoms with E-state index in [2.05, 4.69) is 46.1 Å². The molecule has 1 unspecified atom stereocenters. The molecule has 0 amide bonds. The number of hydrogen-bond donors (Lipinski definition) is 2. The Balaban J connectivity index is 1.76. The van der Waals surface area contributed by atoms with Crippen LogP contribution in [-0.4, -0.2) is 66.1 Å². The Morgan fingerprint density at radius 1 is 1.37 bits per heavy atom. The van der Waals surface area contributed by atoms with Crippen LogP contribution in [0, 0.1) is 0 Å². The summed E-state index contributed by atoms with van der Waals surface area (Å²) in [5.74, 6) is 0. The fourth-order valence-electron chi connectivity index (χ4n) is 2.66. The first-order valence-electron chi connectivity index (χ1n) is 7.30. The number of aromatic amines is 1. The number of nitrogens with zero attached hydrogens (tertiary/aromatic N) is 3. The lowest BCUT2D eigenvalue weighted by Crippen LogP contribution is -2.45. The van der Waals surface area contributed by atoms with E-state index in [0.29, 0.717) is 6.04 Å². The van der Waals surface area contributed by atoms with Gasteiger partial charge >= 0.3 is 0 Å². The largest absolute Gasteiger partial charge is 0.347 e. The molecule has 0 saturated carbocycles. The molecule has 0 spiro atoms. The molecule has 1 aromatic heterocycles. The van der Waals surface area contributed by atoms with Gasteiger partial charge in [0.25, 0.3) is 0 Å². The Hall–Kier alpha value is -0.910. The average Bonchev–Trinajstić information content (AvgIpc) is 2.84. The molecule has 5 heteroatoms. The topological polar surface area (TPSA) is 47.2 Å². The Bertz CT molecular complexity index is 374. The molecule has 108 valence electrons. The average molecular weight is 265 g/mol. The van der Waals surface area contributed by atoms with Gasteiger partial charge < -0.3 is 20.1 Å². The molecular formula is C14H27N5. The van der Waals surface area contributed by atoms with E-state index in [1.807, 2.05) is 6.33 Å². The first kappa shape index (κ1) is 14.5. The summed E-state index contributed by atoms with van der Waals surface area (Å²) in [5, 5.41) is 3.60. The second-order valence-electron chi connectivity index (χ2n) is 5.66. The second kappa shape index (κ2) is 7.03. The lowest BCUT2D eigenvalue weighted by Gasteiger charge is -2.29. The van der Waals surface area contributed by atoms with Gasteiger partial charge in [0.15, 0.2) is 0 Å². The number of likely N-dealkylation sites (N-methyl/N-ethyl adjacent to an activating group) is 1. The monoisotopic (exact) mass is 265 g/mol. The highest BCUT2D eigenvalue weighted by Gasteiger charge is 2.21. The minimum Gasteiger partial charge on any atom is -0.347 e. The summed E-state index contributed by atoms with van der Waals surface area (Å²) in [4.78, 5) is 12.4. The van der Waals surface area contributed by atoms with Crippen LogP contribution >= 0.6 is 0 Å². The zero-order chi connectivity index (χ0) is 13.7. The standard InChI is InChI=1S/C14H27N5/c1-4-19(7-5-6-18(2)3)10-12-8-13-14(9-15-12)17-11-16-13/h11-12,15H,4-10H2,1-3H3,(H,16,17). The number of aromatic nitrogens is 2. The zero-order valence-corrected chi connectivity index (χ0v) is 12.4. The van der Waals surface area contributed by atoms with Gasteiger partial charge in [-0.25, -0.2) is 4.98 Å². The highest BCUT2D eigenvalue weighted by Crippen LogP contribution is 2.13. The Labute approximate surface area is 116 Å². The molecule has 2 N–H and O–H groups in total. The van der Waals surface area contributed by atoms with Crippen molar-refractivity contribution in [1.82, 2.24) is 25.1 Å². The Morgan fingerprint density at radius 2 is 2.21 bits per heavy atom. The molecule has 1 aromatic rings. The molecule has 1 aliphatic rings. The molecule has 1 aliphatic heterocycles. The van der Waals surface area contributed by atoms with Crippen molar-refractivity contribution in [3.8, 4) is 0 Å². The Morgan fingerprint density at radius 3 is 2.95 bits per heavy atom. The van der Waals surface area contributed by atoms with Gasteiger partial charge in [0.05, 0.1) is 17.7 Å². The van der Waals surface area contributed by atoms with Crippen molar-refractivity contribution < 1.29 is 0 Å². The SMILES string of the molecule is CCN(CCCN(C)C)CC1Cc2nc[nH]c2CN1. The molecule has 2 rings (SSSR count). The summed E-state index contributed by atoms with van der Waals surface area (Å²) >= 11 is 0. The molecule has 2 heterocycles. The number of nitrogens with one attached hydrogen (secondary N) is 2. The van der Waals surface area contributed by atoms with E-state index in [1.54, 1.807) is 0 Å². The summed E-state index contributed by atoms with van der Waals surface area (Å²) in [6.45, 7) is 7.77. The van der Waals surface area contributed by atoms with Crippen molar-refractivity contribution in [3.05, 3.63) is 17.7 Å². The van der Waals surface area contributed by atoms with Gasteiger partial charge in [0.2, 0.25) is 0 Å². The van der Waals surface area contributed by atoms with Gasteiger partial charge in [-0.3, -0.25) is 0 Å². The minimum absolute atomic E-state index is 0.537. The normalized spacial score (nSPS) is 19.1. The molecule has 0 aromatic carbocycles. The number of H-pyrrole nitrogens is 1. The number of rotatable bonds is 7. The summed E-state index contributed by atoms with van der Waals surface area (Å²) in [5.41, 5.74) is 2.50. The Kier molecular flexibility index (Phi) is 5.36. The van der Waals surface area contributed by atoms with Gasteiger partial charge in [0, 0.05) is 25.6 Å². The summed E-state index contributed by atoms with van der Waals surface area (Å²) < 4.78 is 0. The van der Waals surface area contributed by atoms with E-state index in [1.165, 1.54) is 24.4 Å². The van der Waals surface area contributed by atoms with Crippen LogP contribution in [0.5, 0.6) is 0 Å². The predicted octanol–water partition coefficient (Wildman–Crippen LogP) is 0.698. The van der Waals surface area contributed by atoms with Gasteiger partial charge in [-0.1, -0.05) is 6.92 Å². The van der Waals surface area contributed by atoms with Gasteiger partial charge in [0.1, 0.15) is 0 Å². The van der Waals surface area contributed by atoms with Crippen molar-refractivity contribution >= 4 is 0 Å². The predicted molar refractivity (Wildman–Crippen MR) is 78.2 cm³/mol. The molecule has 19 heavy (non-hydrogen) atoms. The lowest BCUT2D eigenvalue weighted by molar-refractivity contribution is 0.232. The zero-order valence-electron chi connectivity index (χ0n) is 12.4. The van der Waals surface area contributed by atoms with Crippen molar-refractivity contribution in [2.24, 2.45) is 0 Å². The molecule has 1 atom stereocenters. The molecule has 5 nitrogen and oxygen atoms in total. The molecular weight excluding hydrogens is 238 g/mol.